The number of halogens is 1. The zero-order chi connectivity index (χ0) is 32.4. The van der Waals surface area contributed by atoms with Crippen molar-refractivity contribution >= 4 is 40.5 Å². The van der Waals surface area contributed by atoms with Crippen LogP contribution in [0.5, 0.6) is 0 Å². The molecule has 0 aromatic rings. The van der Waals surface area contributed by atoms with Crippen LogP contribution >= 0.6 is 22.6 Å². The molecule has 0 N–H and O–H groups in total. The van der Waals surface area contributed by atoms with Crippen LogP contribution < -0.4 is 0 Å². The van der Waals surface area contributed by atoms with Gasteiger partial charge in [-0.25, -0.2) is 0 Å². The molecule has 0 bridgehead atoms. The summed E-state index contributed by atoms with van der Waals surface area (Å²) in [5.41, 5.74) is 0. The summed E-state index contributed by atoms with van der Waals surface area (Å²) in [5, 5.41) is 0. The first kappa shape index (κ1) is 43.1. The molecule has 0 amide bonds. The lowest BCUT2D eigenvalue weighted by atomic mass is 10.0. The molecule has 260 valence electrons. The fraction of sp³-hybridized carbons (Fsp3) is 0.919. The van der Waals surface area contributed by atoms with Gasteiger partial charge in [-0.2, -0.15) is 0 Å². The largest absolute Gasteiger partial charge is 0.462 e. The first-order valence-electron chi connectivity index (χ1n) is 18.6. The quantitative estimate of drug-likeness (QED) is 0.0215. The SMILES string of the molecule is CCCCCCCCCCCCCCCC(=O)OCC(COC(=O)CCCCCCCCCCCCCCC)OC(=O)CI. The third-order valence-electron chi connectivity index (χ3n) is 8.24. The van der Waals surface area contributed by atoms with Crippen LogP contribution in [0.25, 0.3) is 0 Å². The van der Waals surface area contributed by atoms with E-state index >= 15 is 0 Å². The minimum Gasteiger partial charge on any atom is -0.462 e. The van der Waals surface area contributed by atoms with Crippen molar-refractivity contribution in [3.05, 3.63) is 0 Å². The number of esters is 3. The molecule has 0 heterocycles. The Balaban J connectivity index is 3.83. The van der Waals surface area contributed by atoms with Gasteiger partial charge in [-0.15, -0.1) is 0 Å². The van der Waals surface area contributed by atoms with Gasteiger partial charge < -0.3 is 14.2 Å². The maximum Gasteiger partial charge on any atom is 0.316 e. The smallest absolute Gasteiger partial charge is 0.316 e. The minimum atomic E-state index is -0.761. The Hall–Kier alpha value is -0.860. The van der Waals surface area contributed by atoms with Crippen molar-refractivity contribution in [2.24, 2.45) is 0 Å². The van der Waals surface area contributed by atoms with Crippen LogP contribution in [0, 0.1) is 0 Å². The maximum atomic E-state index is 12.2. The normalized spacial score (nSPS) is 11.2. The summed E-state index contributed by atoms with van der Waals surface area (Å²) in [5.74, 6) is -0.987. The van der Waals surface area contributed by atoms with Crippen molar-refractivity contribution in [1.82, 2.24) is 0 Å². The highest BCUT2D eigenvalue weighted by atomic mass is 127. The van der Waals surface area contributed by atoms with Crippen molar-refractivity contribution in [3.63, 3.8) is 0 Å². The van der Waals surface area contributed by atoms with Crippen LogP contribution in [0.15, 0.2) is 0 Å². The van der Waals surface area contributed by atoms with E-state index in [1.807, 2.05) is 22.6 Å². The van der Waals surface area contributed by atoms with Crippen LogP contribution in [0.2, 0.25) is 0 Å². The Bertz CT molecular complexity index is 610. The predicted octanol–water partition coefficient (Wildman–Crippen LogP) is 11.4. The van der Waals surface area contributed by atoms with Crippen molar-refractivity contribution in [2.75, 3.05) is 17.6 Å². The summed E-state index contributed by atoms with van der Waals surface area (Å²) in [6.45, 7) is 4.36. The number of unbranched alkanes of at least 4 members (excludes halogenated alkanes) is 24. The lowest BCUT2D eigenvalue weighted by Crippen LogP contribution is -2.31. The van der Waals surface area contributed by atoms with Gasteiger partial charge in [-0.05, 0) is 12.8 Å². The fourth-order valence-corrected chi connectivity index (χ4v) is 5.60. The van der Waals surface area contributed by atoms with Gasteiger partial charge >= 0.3 is 17.9 Å². The number of carbonyl (C=O) groups excluding carboxylic acids is 3. The first-order chi connectivity index (χ1) is 21.5. The van der Waals surface area contributed by atoms with Crippen molar-refractivity contribution in [2.45, 2.75) is 200 Å². The van der Waals surface area contributed by atoms with Crippen molar-refractivity contribution in [1.29, 1.82) is 0 Å². The molecule has 7 heteroatoms. The van der Waals surface area contributed by atoms with Gasteiger partial charge in [0.05, 0.1) is 4.43 Å². The van der Waals surface area contributed by atoms with Gasteiger partial charge in [0.2, 0.25) is 0 Å². The van der Waals surface area contributed by atoms with Gasteiger partial charge in [-0.1, -0.05) is 191 Å². The van der Waals surface area contributed by atoms with Crippen LogP contribution in [-0.4, -0.2) is 41.7 Å². The van der Waals surface area contributed by atoms with Gasteiger partial charge in [-0.3, -0.25) is 14.4 Å². The van der Waals surface area contributed by atoms with Gasteiger partial charge in [0.15, 0.2) is 6.10 Å². The van der Waals surface area contributed by atoms with Crippen molar-refractivity contribution in [3.8, 4) is 0 Å². The molecule has 0 aliphatic rings. The summed E-state index contributed by atoms with van der Waals surface area (Å²) < 4.78 is 16.3. The Morgan fingerprint density at radius 3 is 0.977 bits per heavy atom. The molecule has 44 heavy (non-hydrogen) atoms. The molecule has 0 aromatic carbocycles. The second-order valence-electron chi connectivity index (χ2n) is 12.6. The van der Waals surface area contributed by atoms with E-state index in [-0.39, 0.29) is 29.6 Å². The molecule has 0 unspecified atom stereocenters. The summed E-state index contributed by atoms with van der Waals surface area (Å²) >= 11 is 1.93. The Morgan fingerprint density at radius 2 is 0.705 bits per heavy atom. The molecule has 0 aliphatic heterocycles. The number of alkyl halides is 1. The predicted molar refractivity (Wildman–Crippen MR) is 191 cm³/mol. The van der Waals surface area contributed by atoms with Crippen LogP contribution in [-0.2, 0) is 28.6 Å². The van der Waals surface area contributed by atoms with Gasteiger partial charge in [0.1, 0.15) is 13.2 Å². The van der Waals surface area contributed by atoms with Gasteiger partial charge in [0.25, 0.3) is 0 Å². The van der Waals surface area contributed by atoms with E-state index in [0.29, 0.717) is 12.8 Å². The standard InChI is InChI=1S/C37H69IO6/c1-3-5-7-9-11-13-15-17-19-21-23-25-27-29-35(39)42-32-34(44-37(41)31-38)33-43-36(40)30-28-26-24-22-20-18-16-14-12-10-8-6-4-2/h34H,3-33H2,1-2H3. The van der Waals surface area contributed by atoms with E-state index in [1.165, 1.54) is 128 Å². The van der Waals surface area contributed by atoms with E-state index in [2.05, 4.69) is 13.8 Å². The van der Waals surface area contributed by atoms with Crippen LogP contribution in [0.3, 0.4) is 0 Å². The van der Waals surface area contributed by atoms with E-state index in [0.717, 1.165) is 38.5 Å². The Morgan fingerprint density at radius 1 is 0.432 bits per heavy atom. The van der Waals surface area contributed by atoms with Crippen LogP contribution in [0.4, 0.5) is 0 Å². The second-order valence-corrected chi connectivity index (χ2v) is 13.4. The first-order valence-corrected chi connectivity index (χ1v) is 20.1. The fourth-order valence-electron chi connectivity index (χ4n) is 5.42. The number of hydrogen-bond acceptors (Lipinski definition) is 6. The molecule has 0 atom stereocenters. The molecule has 0 rings (SSSR count). The topological polar surface area (TPSA) is 78.9 Å². The summed E-state index contributed by atoms with van der Waals surface area (Å²) in [4.78, 5) is 36.3. The molecule has 6 nitrogen and oxygen atoms in total. The van der Waals surface area contributed by atoms with E-state index in [9.17, 15) is 14.4 Å². The average Bonchev–Trinajstić information content (AvgIpc) is 3.02. The molecule has 0 spiro atoms. The van der Waals surface area contributed by atoms with Crippen LogP contribution in [0.1, 0.15) is 194 Å². The summed E-state index contributed by atoms with van der Waals surface area (Å²) in [6, 6.07) is 0. The van der Waals surface area contributed by atoms with E-state index in [4.69, 9.17) is 14.2 Å². The number of ether oxygens (including phenoxy) is 3. The molecule has 0 fully saturated rings. The highest BCUT2D eigenvalue weighted by Crippen LogP contribution is 2.15. The second kappa shape index (κ2) is 35.0. The van der Waals surface area contributed by atoms with E-state index in [1.54, 1.807) is 0 Å². The van der Waals surface area contributed by atoms with Crippen molar-refractivity contribution < 1.29 is 28.6 Å². The average molecular weight is 737 g/mol. The monoisotopic (exact) mass is 736 g/mol. The highest BCUT2D eigenvalue weighted by Gasteiger charge is 2.19. The molecule has 0 aliphatic carbocycles. The van der Waals surface area contributed by atoms with Gasteiger partial charge in [0, 0.05) is 12.8 Å². The third kappa shape index (κ3) is 32.5. The molecular weight excluding hydrogens is 667 g/mol. The third-order valence-corrected chi connectivity index (χ3v) is 8.86. The molecule has 0 saturated heterocycles. The summed E-state index contributed by atoms with van der Waals surface area (Å²) in [6.07, 6.45) is 32.6. The number of carbonyl (C=O) groups is 3. The number of rotatable bonds is 34. The Kier molecular flexibility index (Phi) is 34.3. The molecule has 0 saturated carbocycles. The lowest BCUT2D eigenvalue weighted by molar-refractivity contribution is -0.165. The summed E-state index contributed by atoms with van der Waals surface area (Å²) in [7, 11) is 0. The highest BCUT2D eigenvalue weighted by molar-refractivity contribution is 14.1. The molecular formula is C37H69IO6. The Labute approximate surface area is 285 Å². The lowest BCUT2D eigenvalue weighted by Gasteiger charge is -2.17. The maximum absolute atomic E-state index is 12.2. The molecule has 0 aromatic heterocycles. The van der Waals surface area contributed by atoms with E-state index < -0.39 is 12.1 Å². The zero-order valence-electron chi connectivity index (χ0n) is 28.8. The molecule has 0 radical (unpaired) electrons. The zero-order valence-corrected chi connectivity index (χ0v) is 31.0. The minimum absolute atomic E-state index is 0.0777. The number of hydrogen-bond donors (Lipinski definition) is 0.